The lowest BCUT2D eigenvalue weighted by Gasteiger charge is -2.11. The minimum absolute atomic E-state index is 0. The maximum Gasteiger partial charge on any atom is 0.314 e. The number of carbonyl (C=O) groups is 1. The van der Waals surface area contributed by atoms with Crippen molar-refractivity contribution in [3.63, 3.8) is 0 Å². The van der Waals surface area contributed by atoms with Crippen LogP contribution in [0.3, 0.4) is 0 Å². The molecule has 0 rings (SSSR count). The smallest absolute Gasteiger partial charge is 0.314 e. The highest BCUT2D eigenvalue weighted by atomic mass is 79.9. The summed E-state index contributed by atoms with van der Waals surface area (Å²) in [5.41, 5.74) is 3.80. The van der Waals surface area contributed by atoms with Crippen molar-refractivity contribution in [1.29, 1.82) is 0 Å². The second kappa shape index (κ2) is 15.0. The molecule has 0 aromatic rings. The van der Waals surface area contributed by atoms with Gasteiger partial charge in [-0.2, -0.15) is 0 Å². The minimum atomic E-state index is -0.0459. The molecule has 0 aromatic carbocycles. The number of rotatable bonds is 11. The number of ether oxygens (including phenoxy) is 1. The Bertz CT molecular complexity index is 189. The van der Waals surface area contributed by atoms with Gasteiger partial charge in [0.05, 0.1) is 13.2 Å². The number of halogens is 1. The van der Waals surface area contributed by atoms with Gasteiger partial charge >= 0.3 is 5.97 Å². The zero-order valence-electron chi connectivity index (χ0n) is 12.0. The first-order chi connectivity index (χ1) is 8.26. The third-order valence-electron chi connectivity index (χ3n) is 3.06. The van der Waals surface area contributed by atoms with Crippen LogP contribution in [0.1, 0.15) is 65.2 Å². The molecular weight excluding hydrogens is 294 g/mol. The minimum Gasteiger partial charge on any atom is -1.00 e. The lowest BCUT2D eigenvalue weighted by Crippen LogP contribution is -3.00. The highest BCUT2D eigenvalue weighted by Crippen LogP contribution is 2.08. The standard InChI is InChI=1S/C14H29NO2.BrH/c1-3-5-6-7-8-9-11-17-14(16)13(12-15)10-4-2;/h13H,3-12,15H2,1-2H3;1H. The second-order valence-corrected chi connectivity index (χ2v) is 4.71. The largest absolute Gasteiger partial charge is 1.00 e. The lowest BCUT2D eigenvalue weighted by molar-refractivity contribution is -0.377. The van der Waals surface area contributed by atoms with Crippen LogP contribution in [0.5, 0.6) is 0 Å². The predicted molar refractivity (Wildman–Crippen MR) is 70.5 cm³/mol. The Morgan fingerprint density at radius 2 is 1.67 bits per heavy atom. The Morgan fingerprint density at radius 1 is 1.06 bits per heavy atom. The van der Waals surface area contributed by atoms with Crippen LogP contribution in [-0.2, 0) is 9.53 Å². The topological polar surface area (TPSA) is 53.9 Å². The highest BCUT2D eigenvalue weighted by molar-refractivity contribution is 5.72. The molecule has 0 fully saturated rings. The van der Waals surface area contributed by atoms with Gasteiger partial charge in [-0.3, -0.25) is 4.79 Å². The molecule has 3 N–H and O–H groups in total. The van der Waals surface area contributed by atoms with Crippen LogP contribution in [0, 0.1) is 5.92 Å². The molecule has 0 bridgehead atoms. The maximum atomic E-state index is 11.6. The Hall–Kier alpha value is -0.0900. The van der Waals surface area contributed by atoms with Crippen LogP contribution in [0.25, 0.3) is 0 Å². The molecule has 0 amide bonds. The molecule has 4 heteroatoms. The van der Waals surface area contributed by atoms with Gasteiger partial charge in [0.1, 0.15) is 5.92 Å². The van der Waals surface area contributed by atoms with Crippen molar-refractivity contribution in [2.24, 2.45) is 5.92 Å². The molecule has 1 unspecified atom stereocenters. The molecule has 0 saturated carbocycles. The third kappa shape index (κ3) is 11.0. The van der Waals surface area contributed by atoms with Crippen LogP contribution in [0.4, 0.5) is 0 Å². The van der Waals surface area contributed by atoms with Gasteiger partial charge in [0.2, 0.25) is 0 Å². The van der Waals surface area contributed by atoms with Crippen molar-refractivity contribution >= 4 is 5.97 Å². The number of unbranched alkanes of at least 4 members (excludes halogenated alkanes) is 5. The highest BCUT2D eigenvalue weighted by Gasteiger charge is 2.18. The van der Waals surface area contributed by atoms with Gasteiger partial charge in [0, 0.05) is 0 Å². The van der Waals surface area contributed by atoms with Crippen LogP contribution in [-0.4, -0.2) is 19.1 Å². The fraction of sp³-hybridized carbons (Fsp3) is 0.929. The van der Waals surface area contributed by atoms with Gasteiger partial charge in [-0.15, -0.1) is 0 Å². The van der Waals surface area contributed by atoms with Gasteiger partial charge in [-0.05, 0) is 12.8 Å². The SMILES string of the molecule is CCCCCCCCOC(=O)C(C[NH3+])CCC.[Br-]. The molecule has 0 aliphatic heterocycles. The molecule has 0 aliphatic carbocycles. The predicted octanol–water partition coefficient (Wildman–Crippen LogP) is -0.448. The molecule has 0 saturated heterocycles. The Balaban J connectivity index is 0. The van der Waals surface area contributed by atoms with E-state index >= 15 is 0 Å². The summed E-state index contributed by atoms with van der Waals surface area (Å²) >= 11 is 0. The Labute approximate surface area is 123 Å². The van der Waals surface area contributed by atoms with Crippen molar-refractivity contribution in [1.82, 2.24) is 0 Å². The molecule has 1 atom stereocenters. The number of hydrogen-bond acceptors (Lipinski definition) is 2. The zero-order chi connectivity index (χ0) is 12.9. The van der Waals surface area contributed by atoms with Crippen LogP contribution in [0.2, 0.25) is 0 Å². The molecule has 0 aliphatic rings. The Morgan fingerprint density at radius 3 is 2.22 bits per heavy atom. The quantitative estimate of drug-likeness (QED) is 0.414. The van der Waals surface area contributed by atoms with E-state index < -0.39 is 0 Å². The maximum absolute atomic E-state index is 11.6. The van der Waals surface area contributed by atoms with Crippen molar-refractivity contribution in [3.8, 4) is 0 Å². The summed E-state index contributed by atoms with van der Waals surface area (Å²) < 4.78 is 5.28. The number of carbonyl (C=O) groups excluding carboxylic acids is 1. The average Bonchev–Trinajstić information content (AvgIpc) is 2.34. The third-order valence-corrected chi connectivity index (χ3v) is 3.06. The molecule has 3 nitrogen and oxygen atoms in total. The fourth-order valence-electron chi connectivity index (χ4n) is 1.90. The summed E-state index contributed by atoms with van der Waals surface area (Å²) in [6.07, 6.45) is 9.27. The summed E-state index contributed by atoms with van der Waals surface area (Å²) in [5.74, 6) is -0.0319. The van der Waals surface area contributed by atoms with Crippen molar-refractivity contribution in [3.05, 3.63) is 0 Å². The lowest BCUT2D eigenvalue weighted by atomic mass is 10.0. The molecule has 0 aromatic heterocycles. The van der Waals surface area contributed by atoms with E-state index in [4.69, 9.17) is 4.74 Å². The fourth-order valence-corrected chi connectivity index (χ4v) is 1.90. The molecular formula is C14H30BrNO2. The summed E-state index contributed by atoms with van der Waals surface area (Å²) in [7, 11) is 0. The summed E-state index contributed by atoms with van der Waals surface area (Å²) in [4.78, 5) is 11.6. The molecule has 110 valence electrons. The van der Waals surface area contributed by atoms with E-state index in [9.17, 15) is 4.79 Å². The Kier molecular flexibility index (Phi) is 16.8. The van der Waals surface area contributed by atoms with Gasteiger partial charge in [0.25, 0.3) is 0 Å². The summed E-state index contributed by atoms with van der Waals surface area (Å²) in [5, 5.41) is 0. The van der Waals surface area contributed by atoms with Crippen molar-refractivity contribution < 1.29 is 32.2 Å². The number of esters is 1. The van der Waals surface area contributed by atoms with Crippen molar-refractivity contribution in [2.75, 3.05) is 13.2 Å². The van der Waals surface area contributed by atoms with E-state index in [-0.39, 0.29) is 28.9 Å². The second-order valence-electron chi connectivity index (χ2n) is 4.71. The van der Waals surface area contributed by atoms with E-state index in [2.05, 4.69) is 19.6 Å². The van der Waals surface area contributed by atoms with Crippen LogP contribution < -0.4 is 22.7 Å². The van der Waals surface area contributed by atoms with Gasteiger partial charge in [0.15, 0.2) is 0 Å². The number of quaternary nitrogens is 1. The monoisotopic (exact) mass is 323 g/mol. The number of hydrogen-bond donors (Lipinski definition) is 1. The van der Waals surface area contributed by atoms with E-state index in [0.717, 1.165) is 19.3 Å². The van der Waals surface area contributed by atoms with Gasteiger partial charge in [-0.1, -0.05) is 52.4 Å². The molecule has 0 radical (unpaired) electrons. The van der Waals surface area contributed by atoms with Crippen LogP contribution in [0.15, 0.2) is 0 Å². The first-order valence-corrected chi connectivity index (χ1v) is 7.22. The summed E-state index contributed by atoms with van der Waals surface area (Å²) in [6.45, 7) is 5.55. The zero-order valence-corrected chi connectivity index (χ0v) is 13.6. The van der Waals surface area contributed by atoms with E-state index in [0.29, 0.717) is 13.2 Å². The van der Waals surface area contributed by atoms with E-state index in [1.54, 1.807) is 0 Å². The average molecular weight is 324 g/mol. The molecule has 0 heterocycles. The molecule has 18 heavy (non-hydrogen) atoms. The van der Waals surface area contributed by atoms with Gasteiger partial charge in [-0.25, -0.2) is 0 Å². The van der Waals surface area contributed by atoms with Crippen LogP contribution >= 0.6 is 0 Å². The first kappa shape index (κ1) is 20.2. The van der Waals surface area contributed by atoms with E-state index in [1.807, 2.05) is 0 Å². The van der Waals surface area contributed by atoms with E-state index in [1.165, 1.54) is 32.1 Å². The first-order valence-electron chi connectivity index (χ1n) is 7.22. The normalized spacial score (nSPS) is 11.7. The summed E-state index contributed by atoms with van der Waals surface area (Å²) in [6, 6.07) is 0. The van der Waals surface area contributed by atoms with Crippen molar-refractivity contribution in [2.45, 2.75) is 65.2 Å². The molecule has 0 spiro atoms. The van der Waals surface area contributed by atoms with Gasteiger partial charge < -0.3 is 27.5 Å².